The highest BCUT2D eigenvalue weighted by atomic mass is 35.5. The maximum Gasteiger partial charge on any atom is 0.282 e. The number of nitrogens with one attached hydrogen (secondary N) is 1. The number of methoxy groups -OCH3 is 1. The molecular formula is C29H24ClN3O5S. The van der Waals surface area contributed by atoms with Gasteiger partial charge in [-0.25, -0.2) is 0 Å². The molecule has 6 rings (SSSR count). The van der Waals surface area contributed by atoms with Crippen molar-refractivity contribution in [1.29, 1.82) is 0 Å². The van der Waals surface area contributed by atoms with Gasteiger partial charge in [0.25, 0.3) is 11.4 Å². The molecule has 4 aromatic carbocycles. The van der Waals surface area contributed by atoms with E-state index in [-0.39, 0.29) is 39.4 Å². The molecule has 198 valence electrons. The minimum atomic E-state index is -0.426. The van der Waals surface area contributed by atoms with E-state index >= 15 is 0 Å². The summed E-state index contributed by atoms with van der Waals surface area (Å²) in [4.78, 5) is 23.2. The van der Waals surface area contributed by atoms with Gasteiger partial charge in [0.1, 0.15) is 5.75 Å². The average Bonchev–Trinajstić information content (AvgIpc) is 3.27. The normalized spacial score (nSPS) is 23.5. The quantitative estimate of drug-likeness (QED) is 0.146. The Balaban J connectivity index is 1.50. The number of hydrogen-bond donors (Lipinski definition) is 1. The Morgan fingerprint density at radius 3 is 2.46 bits per heavy atom. The van der Waals surface area contributed by atoms with Crippen molar-refractivity contribution in [3.05, 3.63) is 110 Å². The minimum absolute atomic E-state index is 0.0159. The van der Waals surface area contributed by atoms with Gasteiger partial charge >= 0.3 is 0 Å². The maximum absolute atomic E-state index is 11.8. The largest absolute Gasteiger partial charge is 0.494 e. The lowest BCUT2D eigenvalue weighted by Gasteiger charge is -2.39. The molecule has 8 nitrogen and oxygen atoms in total. The third-order valence-corrected chi connectivity index (χ3v) is 9.91. The van der Waals surface area contributed by atoms with Gasteiger partial charge in [-0.05, 0) is 40.3 Å². The number of halogens is 1. The van der Waals surface area contributed by atoms with Crippen molar-refractivity contribution in [2.24, 2.45) is 5.92 Å². The summed E-state index contributed by atoms with van der Waals surface area (Å²) in [7, 11) is 1.50. The van der Waals surface area contributed by atoms with Gasteiger partial charge in [-0.15, -0.1) is 23.4 Å². The van der Waals surface area contributed by atoms with Crippen LogP contribution in [0.15, 0.2) is 83.8 Å². The zero-order valence-corrected chi connectivity index (χ0v) is 22.4. The number of benzene rings is 4. The Morgan fingerprint density at radius 2 is 1.69 bits per heavy atom. The van der Waals surface area contributed by atoms with E-state index in [2.05, 4.69) is 29.6 Å². The van der Waals surface area contributed by atoms with Gasteiger partial charge in [0.05, 0.1) is 45.0 Å². The topological polar surface area (TPSA) is 108 Å². The van der Waals surface area contributed by atoms with Crippen LogP contribution in [0, 0.1) is 26.1 Å². The number of anilines is 1. The van der Waals surface area contributed by atoms with E-state index in [1.807, 2.05) is 18.2 Å². The number of alkyl halides is 1. The first-order valence-electron chi connectivity index (χ1n) is 12.5. The van der Waals surface area contributed by atoms with Gasteiger partial charge in [0.2, 0.25) is 0 Å². The predicted molar refractivity (Wildman–Crippen MR) is 153 cm³/mol. The number of nitro benzene ring substituents is 2. The number of nitro groups is 2. The van der Waals surface area contributed by atoms with E-state index in [1.54, 1.807) is 24.3 Å². The Bertz CT molecular complexity index is 1610. The number of hydrogen-bond acceptors (Lipinski definition) is 7. The van der Waals surface area contributed by atoms with Crippen molar-refractivity contribution < 1.29 is 14.6 Å². The van der Waals surface area contributed by atoms with Gasteiger partial charge < -0.3 is 10.1 Å². The summed E-state index contributed by atoms with van der Waals surface area (Å²) >= 11 is 8.64. The Labute approximate surface area is 233 Å². The molecule has 2 aliphatic rings. The number of non-ortho nitro benzene ring substituents is 1. The van der Waals surface area contributed by atoms with Gasteiger partial charge in [-0.1, -0.05) is 54.6 Å². The summed E-state index contributed by atoms with van der Waals surface area (Å²) in [5.41, 5.74) is 2.53. The van der Waals surface area contributed by atoms with Crippen molar-refractivity contribution in [2.45, 2.75) is 33.9 Å². The van der Waals surface area contributed by atoms with Crippen LogP contribution in [0.3, 0.4) is 0 Å². The van der Waals surface area contributed by atoms with Crippen LogP contribution in [0.4, 0.5) is 17.1 Å². The summed E-state index contributed by atoms with van der Waals surface area (Å²) in [6, 6.07) is 23.9. The number of para-hydroxylation sites is 1. The molecule has 1 fully saturated rings. The van der Waals surface area contributed by atoms with Crippen LogP contribution in [0.1, 0.15) is 29.5 Å². The second-order valence-corrected chi connectivity index (χ2v) is 11.6. The fourth-order valence-electron chi connectivity index (χ4n) is 6.14. The third-order valence-electron chi connectivity index (χ3n) is 7.80. The average molecular weight is 562 g/mol. The smallest absolute Gasteiger partial charge is 0.282 e. The summed E-state index contributed by atoms with van der Waals surface area (Å²) in [5.74, 6) is 0.139. The molecule has 0 amide bonds. The highest BCUT2D eigenvalue weighted by molar-refractivity contribution is 8.00. The van der Waals surface area contributed by atoms with E-state index in [4.69, 9.17) is 16.3 Å². The highest BCUT2D eigenvalue weighted by Crippen LogP contribution is 2.60. The van der Waals surface area contributed by atoms with Crippen molar-refractivity contribution in [3.63, 3.8) is 0 Å². The SMILES string of the molecule is COc1cc([N+](=O)[O-])cc2c1N[C@H](c1cccc3ccccc13)[C@@H]1C[C@H](Sc3ccccc3[N+](=O)[O-])[C@H](Cl)[C@@H]21. The number of nitrogens with zero attached hydrogens (tertiary/aromatic N) is 2. The lowest BCUT2D eigenvalue weighted by Crippen LogP contribution is -2.31. The van der Waals surface area contributed by atoms with Crippen LogP contribution in [-0.2, 0) is 0 Å². The first-order valence-corrected chi connectivity index (χ1v) is 13.8. The second kappa shape index (κ2) is 10.1. The molecule has 0 saturated heterocycles. The number of fused-ring (bicyclic) bond motifs is 4. The molecule has 1 aliphatic carbocycles. The van der Waals surface area contributed by atoms with E-state index in [0.717, 1.165) is 21.9 Å². The maximum atomic E-state index is 11.8. The van der Waals surface area contributed by atoms with E-state index in [0.29, 0.717) is 22.8 Å². The summed E-state index contributed by atoms with van der Waals surface area (Å²) < 4.78 is 5.63. The zero-order chi connectivity index (χ0) is 27.3. The molecule has 1 N–H and O–H groups in total. The summed E-state index contributed by atoms with van der Waals surface area (Å²) in [5, 5.41) is 28.8. The molecule has 0 radical (unpaired) electrons. The van der Waals surface area contributed by atoms with Gasteiger partial charge in [-0.3, -0.25) is 20.2 Å². The van der Waals surface area contributed by atoms with Crippen molar-refractivity contribution >= 4 is 51.2 Å². The second-order valence-electron chi connectivity index (χ2n) is 9.81. The predicted octanol–water partition coefficient (Wildman–Crippen LogP) is 7.70. The Kier molecular flexibility index (Phi) is 6.56. The van der Waals surface area contributed by atoms with Gasteiger partial charge in [0.15, 0.2) is 0 Å². The van der Waals surface area contributed by atoms with Crippen LogP contribution in [0.25, 0.3) is 10.8 Å². The lowest BCUT2D eigenvalue weighted by atomic mass is 9.76. The minimum Gasteiger partial charge on any atom is -0.494 e. The number of thioether (sulfide) groups is 1. The fourth-order valence-corrected chi connectivity index (χ4v) is 8.08. The molecule has 1 heterocycles. The van der Waals surface area contributed by atoms with Crippen LogP contribution < -0.4 is 10.1 Å². The molecule has 0 bridgehead atoms. The zero-order valence-electron chi connectivity index (χ0n) is 20.8. The molecular weight excluding hydrogens is 538 g/mol. The van der Waals surface area contributed by atoms with Gasteiger partial charge in [0, 0.05) is 23.3 Å². The first kappa shape index (κ1) is 25.5. The molecule has 4 aromatic rings. The molecule has 1 saturated carbocycles. The van der Waals surface area contributed by atoms with Crippen LogP contribution >= 0.6 is 23.4 Å². The van der Waals surface area contributed by atoms with E-state index < -0.39 is 10.3 Å². The van der Waals surface area contributed by atoms with Crippen LogP contribution in [0.2, 0.25) is 0 Å². The molecule has 39 heavy (non-hydrogen) atoms. The number of ether oxygens (including phenoxy) is 1. The van der Waals surface area contributed by atoms with Crippen molar-refractivity contribution in [1.82, 2.24) is 0 Å². The summed E-state index contributed by atoms with van der Waals surface area (Å²) in [6.45, 7) is 0. The molecule has 10 heteroatoms. The van der Waals surface area contributed by atoms with E-state index in [1.165, 1.54) is 31.0 Å². The van der Waals surface area contributed by atoms with Crippen LogP contribution in [0.5, 0.6) is 5.75 Å². The first-order chi connectivity index (χ1) is 18.9. The highest BCUT2D eigenvalue weighted by Gasteiger charge is 2.51. The Hall–Kier alpha value is -3.82. The van der Waals surface area contributed by atoms with Gasteiger partial charge in [-0.2, -0.15) is 0 Å². The van der Waals surface area contributed by atoms with Crippen molar-refractivity contribution in [3.8, 4) is 5.75 Å². The molecule has 0 spiro atoms. The summed E-state index contributed by atoms with van der Waals surface area (Å²) in [6.07, 6.45) is 0.668. The Morgan fingerprint density at radius 1 is 0.949 bits per heavy atom. The van der Waals surface area contributed by atoms with E-state index in [9.17, 15) is 20.2 Å². The third kappa shape index (κ3) is 4.35. The van der Waals surface area contributed by atoms with Crippen molar-refractivity contribution in [2.75, 3.05) is 12.4 Å². The molecule has 5 atom stereocenters. The van der Waals surface area contributed by atoms with Crippen LogP contribution in [-0.4, -0.2) is 27.6 Å². The number of rotatable bonds is 6. The monoisotopic (exact) mass is 561 g/mol. The fraction of sp³-hybridized carbons (Fsp3) is 0.241. The standard InChI is InChI=1S/C29H24ClN3O5S/c1-38-23-14-17(32(34)35)13-20-26-21(15-25(27(26)30)39-24-12-5-4-11-22(24)33(36)37)28(31-29(20)23)19-10-6-8-16-7-2-3-9-18(16)19/h2-14,21,25-28,31H,15H2,1H3/t21-,25+,26+,27+,28-/m1/s1. The molecule has 1 aliphatic heterocycles. The lowest BCUT2D eigenvalue weighted by molar-refractivity contribution is -0.387. The molecule has 0 aromatic heterocycles. The molecule has 0 unspecified atom stereocenters.